The van der Waals surface area contributed by atoms with Crippen LogP contribution < -0.4 is 20.4 Å². The second kappa shape index (κ2) is 4.53. The molecule has 1 rings (SSSR count). The molecule has 0 atom stereocenters. The minimum atomic E-state index is -2.00. The van der Waals surface area contributed by atoms with Gasteiger partial charge in [-0.05, 0) is 12.1 Å². The zero-order valence-corrected chi connectivity index (χ0v) is 8.42. The Morgan fingerprint density at radius 1 is 0.556 bits per heavy atom. The lowest BCUT2D eigenvalue weighted by molar-refractivity contribution is -0.261. The number of carboxylic acids is 4. The Balaban J connectivity index is 3.71. The molecular weight excluding hydrogens is 248 g/mol. The van der Waals surface area contributed by atoms with Crippen LogP contribution in [0.25, 0.3) is 0 Å². The molecule has 8 heteroatoms. The Hall–Kier alpha value is -2.90. The van der Waals surface area contributed by atoms with E-state index in [1.807, 2.05) is 0 Å². The third kappa shape index (κ3) is 2.26. The van der Waals surface area contributed by atoms with Crippen LogP contribution in [0.4, 0.5) is 0 Å². The van der Waals surface area contributed by atoms with Gasteiger partial charge in [-0.25, -0.2) is 0 Å². The summed E-state index contributed by atoms with van der Waals surface area (Å²) in [5, 5.41) is 42.4. The maximum atomic E-state index is 10.6. The Labute approximate surface area is 98.7 Å². The molecule has 0 fully saturated rings. The van der Waals surface area contributed by atoms with E-state index in [1.54, 1.807) is 0 Å². The van der Waals surface area contributed by atoms with Gasteiger partial charge in [0, 0.05) is 22.3 Å². The van der Waals surface area contributed by atoms with Gasteiger partial charge in [0.05, 0.1) is 23.9 Å². The molecule has 1 aromatic rings. The highest BCUT2D eigenvalue weighted by Gasteiger charge is 2.13. The van der Waals surface area contributed by atoms with E-state index >= 15 is 0 Å². The van der Waals surface area contributed by atoms with Crippen molar-refractivity contribution in [3.05, 3.63) is 34.4 Å². The van der Waals surface area contributed by atoms with Gasteiger partial charge in [-0.3, -0.25) is 0 Å². The molecule has 0 spiro atoms. The third-order valence-electron chi connectivity index (χ3n) is 2.04. The third-order valence-corrected chi connectivity index (χ3v) is 2.04. The summed E-state index contributed by atoms with van der Waals surface area (Å²) in [4.78, 5) is 42.4. The molecule has 0 aromatic heterocycles. The number of benzene rings is 1. The highest BCUT2D eigenvalue weighted by Crippen LogP contribution is 2.16. The Kier molecular flexibility index (Phi) is 3.32. The predicted octanol–water partition coefficient (Wildman–Crippen LogP) is -4.86. The molecule has 0 bridgehead atoms. The van der Waals surface area contributed by atoms with Crippen LogP contribution in [0.1, 0.15) is 41.4 Å². The van der Waals surface area contributed by atoms with E-state index in [4.69, 9.17) is 0 Å². The summed E-state index contributed by atoms with van der Waals surface area (Å²) >= 11 is 0. The summed E-state index contributed by atoms with van der Waals surface area (Å²) in [6, 6.07) is 0.613. The predicted molar refractivity (Wildman–Crippen MR) is 43.8 cm³/mol. The van der Waals surface area contributed by atoms with Crippen LogP contribution in [0, 0.1) is 0 Å². The number of carbonyl (C=O) groups excluding carboxylic acids is 4. The lowest BCUT2D eigenvalue weighted by atomic mass is 9.98. The molecule has 0 amide bonds. The van der Waals surface area contributed by atoms with E-state index in [0.29, 0.717) is 12.1 Å². The normalized spacial score (nSPS) is 9.78. The van der Waals surface area contributed by atoms with Crippen molar-refractivity contribution in [1.82, 2.24) is 0 Å². The van der Waals surface area contributed by atoms with Crippen molar-refractivity contribution in [2.24, 2.45) is 0 Å². The second-order valence-corrected chi connectivity index (χ2v) is 3.09. The molecule has 0 unspecified atom stereocenters. The van der Waals surface area contributed by atoms with E-state index in [1.165, 1.54) is 0 Å². The van der Waals surface area contributed by atoms with Crippen LogP contribution in [0.3, 0.4) is 0 Å². The lowest BCUT2D eigenvalue weighted by Crippen LogP contribution is -2.34. The number of carbonyl (C=O) groups is 4. The molecule has 0 radical (unpaired) electrons. The average molecular weight is 250 g/mol. The molecule has 0 aliphatic heterocycles. The zero-order chi connectivity index (χ0) is 14.0. The first-order valence-electron chi connectivity index (χ1n) is 4.29. The largest absolute Gasteiger partial charge is 0.545 e. The first-order valence-corrected chi connectivity index (χ1v) is 4.29. The number of rotatable bonds is 4. The van der Waals surface area contributed by atoms with Crippen molar-refractivity contribution >= 4 is 23.9 Å². The summed E-state index contributed by atoms with van der Waals surface area (Å²) in [7, 11) is 0. The van der Waals surface area contributed by atoms with Gasteiger partial charge in [-0.2, -0.15) is 0 Å². The molecular formula is C10H2O8-4. The molecule has 18 heavy (non-hydrogen) atoms. The Bertz CT molecular complexity index is 473. The minimum Gasteiger partial charge on any atom is -0.545 e. The molecule has 1 aromatic carbocycles. The average Bonchev–Trinajstić information content (AvgIpc) is 2.26. The van der Waals surface area contributed by atoms with Crippen LogP contribution in [0.5, 0.6) is 0 Å². The molecule has 0 aliphatic rings. The van der Waals surface area contributed by atoms with E-state index in [9.17, 15) is 39.6 Å². The van der Waals surface area contributed by atoms with Crippen molar-refractivity contribution in [3.63, 3.8) is 0 Å². The number of carboxylic acid groups (broad SMARTS) is 4. The topological polar surface area (TPSA) is 161 Å². The van der Waals surface area contributed by atoms with Gasteiger partial charge in [0.15, 0.2) is 0 Å². The van der Waals surface area contributed by atoms with Crippen LogP contribution in [-0.2, 0) is 0 Å². The highest BCUT2D eigenvalue weighted by molar-refractivity contribution is 6.07. The van der Waals surface area contributed by atoms with E-state index in [-0.39, 0.29) is 0 Å². The monoisotopic (exact) mass is 250 g/mol. The van der Waals surface area contributed by atoms with Crippen LogP contribution in [0.15, 0.2) is 12.1 Å². The van der Waals surface area contributed by atoms with Crippen LogP contribution in [-0.4, -0.2) is 23.9 Å². The van der Waals surface area contributed by atoms with Gasteiger partial charge in [-0.1, -0.05) is 0 Å². The highest BCUT2D eigenvalue weighted by atomic mass is 16.4. The summed E-state index contributed by atoms with van der Waals surface area (Å²) in [6.45, 7) is 0. The van der Waals surface area contributed by atoms with Crippen molar-refractivity contribution < 1.29 is 39.6 Å². The van der Waals surface area contributed by atoms with Gasteiger partial charge in [0.1, 0.15) is 0 Å². The smallest absolute Gasteiger partial charge is 0.0722 e. The van der Waals surface area contributed by atoms with Crippen molar-refractivity contribution in [3.8, 4) is 0 Å². The number of hydrogen-bond donors (Lipinski definition) is 0. The Morgan fingerprint density at radius 2 is 0.722 bits per heavy atom. The Morgan fingerprint density at radius 3 is 0.833 bits per heavy atom. The molecule has 94 valence electrons. The number of hydrogen-bond acceptors (Lipinski definition) is 8. The van der Waals surface area contributed by atoms with Crippen molar-refractivity contribution in [1.29, 1.82) is 0 Å². The molecule has 0 N–H and O–H groups in total. The summed E-state index contributed by atoms with van der Waals surface area (Å²) in [6.07, 6.45) is 0. The SMILES string of the molecule is O=C([O-])c1cc(C(=O)[O-])c(C(=O)[O-])cc1C(=O)[O-]. The van der Waals surface area contributed by atoms with E-state index in [2.05, 4.69) is 0 Å². The van der Waals surface area contributed by atoms with Gasteiger partial charge < -0.3 is 39.6 Å². The fourth-order valence-electron chi connectivity index (χ4n) is 1.28. The first kappa shape index (κ1) is 13.2. The van der Waals surface area contributed by atoms with E-state index < -0.39 is 46.1 Å². The van der Waals surface area contributed by atoms with Crippen molar-refractivity contribution in [2.75, 3.05) is 0 Å². The second-order valence-electron chi connectivity index (χ2n) is 3.09. The van der Waals surface area contributed by atoms with Gasteiger partial charge >= 0.3 is 0 Å². The van der Waals surface area contributed by atoms with Crippen molar-refractivity contribution in [2.45, 2.75) is 0 Å². The first-order chi connectivity index (χ1) is 8.25. The quantitative estimate of drug-likeness (QED) is 0.513. The molecule has 0 heterocycles. The summed E-state index contributed by atoms with van der Waals surface area (Å²) in [5.41, 5.74) is -4.11. The molecule has 8 nitrogen and oxygen atoms in total. The lowest BCUT2D eigenvalue weighted by Gasteiger charge is -2.18. The maximum Gasteiger partial charge on any atom is 0.0722 e. The van der Waals surface area contributed by atoms with Gasteiger partial charge in [-0.15, -0.1) is 0 Å². The fraction of sp³-hybridized carbons (Fsp3) is 0. The van der Waals surface area contributed by atoms with E-state index in [0.717, 1.165) is 0 Å². The molecule has 0 saturated carbocycles. The molecule has 0 saturated heterocycles. The summed E-state index contributed by atoms with van der Waals surface area (Å²) in [5.74, 6) is -7.99. The number of aromatic carboxylic acids is 4. The standard InChI is InChI=1S/C10H6O8/c11-7(12)3-1-4(8(13)14)6(10(17)18)2-5(3)9(15)16/h1-2H,(H,11,12)(H,13,14)(H,15,16)(H,17,18)/p-4. The van der Waals surface area contributed by atoms with Gasteiger partial charge in [0.2, 0.25) is 0 Å². The molecule has 0 aliphatic carbocycles. The fourth-order valence-corrected chi connectivity index (χ4v) is 1.28. The maximum absolute atomic E-state index is 10.6. The zero-order valence-electron chi connectivity index (χ0n) is 8.42. The van der Waals surface area contributed by atoms with Gasteiger partial charge in [0.25, 0.3) is 0 Å². The van der Waals surface area contributed by atoms with Crippen LogP contribution >= 0.6 is 0 Å². The van der Waals surface area contributed by atoms with Crippen LogP contribution in [0.2, 0.25) is 0 Å². The minimum absolute atomic E-state index is 0.306. The summed E-state index contributed by atoms with van der Waals surface area (Å²) < 4.78 is 0.